The van der Waals surface area contributed by atoms with Gasteiger partial charge in [0.05, 0.1) is 27.9 Å². The molecule has 0 aromatic heterocycles. The van der Waals surface area contributed by atoms with Crippen LogP contribution >= 0.6 is 0 Å². The lowest BCUT2D eigenvalue weighted by atomic mass is 9.84. The van der Waals surface area contributed by atoms with Gasteiger partial charge in [0.1, 0.15) is 5.92 Å². The highest BCUT2D eigenvalue weighted by Crippen LogP contribution is 2.34. The summed E-state index contributed by atoms with van der Waals surface area (Å²) >= 11 is 0. The van der Waals surface area contributed by atoms with E-state index in [-0.39, 0.29) is 35.4 Å². The number of methoxy groups -OCH3 is 3. The topological polar surface area (TPSA) is 91.3 Å². The Labute approximate surface area is 162 Å². The van der Waals surface area contributed by atoms with Crippen LogP contribution in [0.15, 0.2) is 36.4 Å². The first-order chi connectivity index (χ1) is 13.5. The largest absolute Gasteiger partial charge is 0.504 e. The van der Waals surface area contributed by atoms with Crippen molar-refractivity contribution in [3.63, 3.8) is 0 Å². The summed E-state index contributed by atoms with van der Waals surface area (Å²) in [6, 6.07) is 9.75. The molecule has 0 aliphatic carbocycles. The summed E-state index contributed by atoms with van der Waals surface area (Å²) in [7, 11) is 4.50. The van der Waals surface area contributed by atoms with Gasteiger partial charge in [-0.1, -0.05) is 6.07 Å². The van der Waals surface area contributed by atoms with Crippen LogP contribution in [0.2, 0.25) is 0 Å². The number of benzene rings is 2. The Morgan fingerprint density at radius 2 is 1.75 bits per heavy atom. The van der Waals surface area contributed by atoms with E-state index in [1.807, 2.05) is 12.1 Å². The summed E-state index contributed by atoms with van der Waals surface area (Å²) < 4.78 is 20.8. The molecule has 0 saturated carbocycles. The summed E-state index contributed by atoms with van der Waals surface area (Å²) in [6.07, 6.45) is 0.470. The van der Waals surface area contributed by atoms with Crippen LogP contribution in [0.5, 0.6) is 23.0 Å². The van der Waals surface area contributed by atoms with Gasteiger partial charge in [-0.2, -0.15) is 0 Å². The number of carbonyl (C=O) groups is 2. The van der Waals surface area contributed by atoms with Crippen LogP contribution in [-0.2, 0) is 16.0 Å². The Balaban J connectivity index is 1.84. The maximum atomic E-state index is 13.0. The normalized spacial score (nSPS) is 18.5. The summed E-state index contributed by atoms with van der Waals surface area (Å²) in [5.74, 6) is -0.831. The number of ether oxygens (including phenoxy) is 4. The van der Waals surface area contributed by atoms with Gasteiger partial charge in [-0.25, -0.2) is 0 Å². The number of hydrogen-bond donors (Lipinski definition) is 1. The monoisotopic (exact) mass is 386 g/mol. The molecule has 28 heavy (non-hydrogen) atoms. The molecule has 0 spiro atoms. The van der Waals surface area contributed by atoms with Gasteiger partial charge in [0.2, 0.25) is 0 Å². The third-order valence-corrected chi connectivity index (χ3v) is 4.86. The van der Waals surface area contributed by atoms with Crippen molar-refractivity contribution in [1.82, 2.24) is 0 Å². The van der Waals surface area contributed by atoms with Gasteiger partial charge in [-0.05, 0) is 42.3 Å². The third kappa shape index (κ3) is 3.74. The average molecular weight is 386 g/mol. The lowest BCUT2D eigenvalue weighted by Gasteiger charge is -2.16. The van der Waals surface area contributed by atoms with E-state index in [4.69, 9.17) is 18.9 Å². The molecule has 2 atom stereocenters. The molecule has 1 fully saturated rings. The Bertz CT molecular complexity index is 890. The van der Waals surface area contributed by atoms with Gasteiger partial charge in [0, 0.05) is 11.5 Å². The maximum absolute atomic E-state index is 13.0. The zero-order valence-electron chi connectivity index (χ0n) is 15.9. The van der Waals surface area contributed by atoms with E-state index in [0.717, 1.165) is 5.56 Å². The van der Waals surface area contributed by atoms with E-state index in [1.165, 1.54) is 25.3 Å². The van der Waals surface area contributed by atoms with Crippen LogP contribution in [-0.4, -0.2) is 44.8 Å². The molecule has 1 heterocycles. The number of ketones is 1. The van der Waals surface area contributed by atoms with Crippen molar-refractivity contribution >= 4 is 11.8 Å². The lowest BCUT2D eigenvalue weighted by Crippen LogP contribution is -2.27. The first-order valence-electron chi connectivity index (χ1n) is 8.77. The number of phenols is 1. The lowest BCUT2D eigenvalue weighted by molar-refractivity contribution is -0.140. The molecule has 2 aromatic rings. The van der Waals surface area contributed by atoms with Crippen molar-refractivity contribution in [2.45, 2.75) is 6.42 Å². The second-order valence-corrected chi connectivity index (χ2v) is 6.51. The fourth-order valence-corrected chi connectivity index (χ4v) is 3.39. The molecule has 0 bridgehead atoms. The highest BCUT2D eigenvalue weighted by atomic mass is 16.5. The molecular formula is C21H22O7. The van der Waals surface area contributed by atoms with Crippen LogP contribution in [0.1, 0.15) is 15.9 Å². The number of esters is 1. The number of Topliss-reactive ketones (excluding diaryl/α,β-unsaturated/α-hetero) is 1. The van der Waals surface area contributed by atoms with Crippen molar-refractivity contribution in [1.29, 1.82) is 0 Å². The summed E-state index contributed by atoms with van der Waals surface area (Å²) in [4.78, 5) is 25.2. The van der Waals surface area contributed by atoms with Crippen LogP contribution in [0.4, 0.5) is 0 Å². The van der Waals surface area contributed by atoms with Crippen LogP contribution in [0.25, 0.3) is 0 Å². The zero-order valence-corrected chi connectivity index (χ0v) is 15.9. The average Bonchev–Trinajstić information content (AvgIpc) is 3.07. The molecule has 1 N–H and O–H groups in total. The quantitative estimate of drug-likeness (QED) is 0.444. The SMILES string of the molecule is COc1cc(C(=O)C2C(=O)OCC2Cc2ccc(OC)c(OC)c2)ccc1O. The standard InChI is InChI=1S/C21H22O7/c1-25-16-7-4-12(9-18(16)27-3)8-14-11-28-21(24)19(14)20(23)13-5-6-15(22)17(10-13)26-2/h4-7,9-10,14,19,22H,8,11H2,1-3H3. The van der Waals surface area contributed by atoms with E-state index in [2.05, 4.69) is 0 Å². The van der Waals surface area contributed by atoms with Crippen LogP contribution in [0.3, 0.4) is 0 Å². The van der Waals surface area contributed by atoms with Gasteiger partial charge in [-0.3, -0.25) is 9.59 Å². The molecule has 1 saturated heterocycles. The van der Waals surface area contributed by atoms with E-state index in [9.17, 15) is 14.7 Å². The van der Waals surface area contributed by atoms with Gasteiger partial charge >= 0.3 is 5.97 Å². The number of aromatic hydroxyl groups is 1. The van der Waals surface area contributed by atoms with Crippen molar-refractivity contribution in [2.24, 2.45) is 11.8 Å². The number of hydrogen-bond acceptors (Lipinski definition) is 7. The predicted molar refractivity (Wildman–Crippen MR) is 100 cm³/mol. The Morgan fingerprint density at radius 1 is 1.04 bits per heavy atom. The molecular weight excluding hydrogens is 364 g/mol. The molecule has 7 nitrogen and oxygen atoms in total. The first kappa shape index (κ1) is 19.5. The molecule has 2 aromatic carbocycles. The zero-order chi connectivity index (χ0) is 20.3. The Hall–Kier alpha value is -3.22. The molecule has 148 valence electrons. The minimum atomic E-state index is -0.914. The molecule has 1 aliphatic heterocycles. The van der Waals surface area contributed by atoms with Gasteiger partial charge in [-0.15, -0.1) is 0 Å². The van der Waals surface area contributed by atoms with Crippen molar-refractivity contribution in [3.05, 3.63) is 47.5 Å². The summed E-state index contributed by atoms with van der Waals surface area (Å²) in [5, 5.41) is 9.72. The van der Waals surface area contributed by atoms with Gasteiger partial charge < -0.3 is 24.1 Å². The van der Waals surface area contributed by atoms with Crippen molar-refractivity contribution < 1.29 is 33.6 Å². The predicted octanol–water partition coefficient (Wildman–Crippen LogP) is 2.63. The fraction of sp³-hybridized carbons (Fsp3) is 0.333. The Kier molecular flexibility index (Phi) is 5.73. The summed E-state index contributed by atoms with van der Waals surface area (Å²) in [5.41, 5.74) is 1.19. The molecule has 7 heteroatoms. The maximum Gasteiger partial charge on any atom is 0.317 e. The molecule has 0 radical (unpaired) electrons. The Morgan fingerprint density at radius 3 is 2.43 bits per heavy atom. The van der Waals surface area contributed by atoms with E-state index in [1.54, 1.807) is 20.3 Å². The van der Waals surface area contributed by atoms with Gasteiger partial charge in [0.25, 0.3) is 0 Å². The number of phenolic OH excluding ortho intramolecular Hbond substituents is 1. The minimum absolute atomic E-state index is 0.0741. The van der Waals surface area contributed by atoms with Crippen LogP contribution in [0, 0.1) is 11.8 Å². The smallest absolute Gasteiger partial charge is 0.317 e. The highest BCUT2D eigenvalue weighted by molar-refractivity contribution is 6.09. The molecule has 0 amide bonds. The van der Waals surface area contributed by atoms with Crippen molar-refractivity contribution in [2.75, 3.05) is 27.9 Å². The van der Waals surface area contributed by atoms with E-state index >= 15 is 0 Å². The second kappa shape index (κ2) is 8.21. The number of carbonyl (C=O) groups excluding carboxylic acids is 2. The molecule has 1 aliphatic rings. The third-order valence-electron chi connectivity index (χ3n) is 4.86. The van der Waals surface area contributed by atoms with Gasteiger partial charge in [0.15, 0.2) is 28.8 Å². The minimum Gasteiger partial charge on any atom is -0.504 e. The van der Waals surface area contributed by atoms with E-state index in [0.29, 0.717) is 17.9 Å². The fourth-order valence-electron chi connectivity index (χ4n) is 3.39. The number of cyclic esters (lactones) is 1. The van der Waals surface area contributed by atoms with Crippen LogP contribution < -0.4 is 14.2 Å². The first-order valence-corrected chi connectivity index (χ1v) is 8.77. The molecule has 2 unspecified atom stereocenters. The molecule has 3 rings (SSSR count). The van der Waals surface area contributed by atoms with E-state index < -0.39 is 11.9 Å². The number of rotatable bonds is 7. The highest BCUT2D eigenvalue weighted by Gasteiger charge is 2.42. The summed E-state index contributed by atoms with van der Waals surface area (Å²) in [6.45, 7) is 0.165. The van der Waals surface area contributed by atoms with Crippen molar-refractivity contribution in [3.8, 4) is 23.0 Å². The second-order valence-electron chi connectivity index (χ2n) is 6.51.